The van der Waals surface area contributed by atoms with Crippen LogP contribution in [-0.2, 0) is 11.2 Å². The lowest BCUT2D eigenvalue weighted by Gasteiger charge is -2.42. The fourth-order valence-corrected chi connectivity index (χ4v) is 4.20. The Labute approximate surface area is 158 Å². The molecule has 2 fully saturated rings. The van der Waals surface area contributed by atoms with E-state index in [-0.39, 0.29) is 24.2 Å². The summed E-state index contributed by atoms with van der Waals surface area (Å²) in [6, 6.07) is 1.70. The van der Waals surface area contributed by atoms with Gasteiger partial charge in [0.15, 0.2) is 0 Å². The minimum atomic E-state index is -0.519. The maximum absolute atomic E-state index is 14.5. The van der Waals surface area contributed by atoms with Crippen LogP contribution in [0.1, 0.15) is 39.2 Å². The quantitative estimate of drug-likeness (QED) is 0.754. The van der Waals surface area contributed by atoms with Gasteiger partial charge in [-0.2, -0.15) is 4.39 Å². The van der Waals surface area contributed by atoms with Gasteiger partial charge in [-0.25, -0.2) is 9.78 Å². The Bertz CT molecular complexity index is 737. The minimum Gasteiger partial charge on any atom is -0.491 e. The van der Waals surface area contributed by atoms with Gasteiger partial charge in [-0.15, -0.1) is 0 Å². The van der Waals surface area contributed by atoms with Gasteiger partial charge in [0.2, 0.25) is 5.95 Å². The summed E-state index contributed by atoms with van der Waals surface area (Å²) in [5.74, 6) is 0.572. The fraction of sp³-hybridized carbons (Fsp3) is 0.684. The molecule has 7 nitrogen and oxygen atoms in total. The number of carbonyl (C=O) groups is 1. The molecule has 2 saturated heterocycles. The van der Waals surface area contributed by atoms with Crippen molar-refractivity contribution in [1.82, 2.24) is 9.88 Å². The van der Waals surface area contributed by atoms with E-state index in [2.05, 4.69) is 4.98 Å². The molecule has 148 valence electrons. The molecule has 8 heteroatoms. The summed E-state index contributed by atoms with van der Waals surface area (Å²) >= 11 is 0. The number of aromatic nitrogens is 1. The van der Waals surface area contributed by atoms with E-state index in [9.17, 15) is 9.18 Å². The van der Waals surface area contributed by atoms with E-state index in [1.807, 2.05) is 30.6 Å². The summed E-state index contributed by atoms with van der Waals surface area (Å²) in [5, 5.41) is 0. The standard InChI is InChI=1S/C19H27FN4O3/c1-19(2,3)27-18(25)24-12-4-5-13(24)9-23(8-12)16-7-15-14(17(20)22-16)6-11(21)10-26-15/h7,11-13H,4-6,8-10,21H2,1-3H3/t11-,12?,13?/m1/s1. The van der Waals surface area contributed by atoms with Gasteiger partial charge >= 0.3 is 6.09 Å². The van der Waals surface area contributed by atoms with Crippen LogP contribution in [0.3, 0.4) is 0 Å². The first-order valence-corrected chi connectivity index (χ1v) is 9.55. The van der Waals surface area contributed by atoms with Crippen LogP contribution in [0.15, 0.2) is 6.07 Å². The zero-order valence-corrected chi connectivity index (χ0v) is 16.1. The second kappa shape index (κ2) is 6.51. The summed E-state index contributed by atoms with van der Waals surface area (Å²) in [4.78, 5) is 20.6. The van der Waals surface area contributed by atoms with Gasteiger partial charge in [0, 0.05) is 25.2 Å². The third kappa shape index (κ3) is 3.54. The monoisotopic (exact) mass is 378 g/mol. The number of carbonyl (C=O) groups excluding carboxylic acids is 1. The number of pyridine rings is 1. The van der Waals surface area contributed by atoms with Crippen molar-refractivity contribution in [2.75, 3.05) is 24.6 Å². The van der Waals surface area contributed by atoms with Gasteiger partial charge in [0.05, 0.1) is 17.6 Å². The topological polar surface area (TPSA) is 80.9 Å². The zero-order chi connectivity index (χ0) is 19.3. The number of halogens is 1. The molecule has 3 aliphatic rings. The molecule has 0 aromatic carbocycles. The van der Waals surface area contributed by atoms with Crippen molar-refractivity contribution in [3.05, 3.63) is 17.6 Å². The van der Waals surface area contributed by atoms with Crippen molar-refractivity contribution in [1.29, 1.82) is 0 Å². The molecule has 3 aliphatic heterocycles. The van der Waals surface area contributed by atoms with Crippen LogP contribution < -0.4 is 15.4 Å². The van der Waals surface area contributed by atoms with Crippen LogP contribution in [0.2, 0.25) is 0 Å². The molecule has 1 aromatic rings. The van der Waals surface area contributed by atoms with E-state index in [0.717, 1.165) is 12.8 Å². The highest BCUT2D eigenvalue weighted by Gasteiger charge is 2.44. The lowest BCUT2D eigenvalue weighted by Crippen LogP contribution is -2.57. The second-order valence-electron chi connectivity index (χ2n) is 8.70. The predicted molar refractivity (Wildman–Crippen MR) is 98.5 cm³/mol. The Morgan fingerprint density at radius 3 is 2.63 bits per heavy atom. The first kappa shape index (κ1) is 18.3. The number of fused-ring (bicyclic) bond motifs is 3. The van der Waals surface area contributed by atoms with Crippen LogP contribution in [0, 0.1) is 5.95 Å². The summed E-state index contributed by atoms with van der Waals surface area (Å²) < 4.78 is 25.7. The predicted octanol–water partition coefficient (Wildman–Crippen LogP) is 2.07. The van der Waals surface area contributed by atoms with Gasteiger partial charge < -0.3 is 20.1 Å². The van der Waals surface area contributed by atoms with Crippen molar-refractivity contribution in [3.8, 4) is 5.75 Å². The van der Waals surface area contributed by atoms with E-state index in [1.54, 1.807) is 6.07 Å². The Balaban J connectivity index is 1.52. The molecular formula is C19H27FN4O3. The molecule has 3 atom stereocenters. The van der Waals surface area contributed by atoms with Crippen LogP contribution in [0.5, 0.6) is 5.75 Å². The molecular weight excluding hydrogens is 351 g/mol. The molecule has 2 N–H and O–H groups in total. The second-order valence-corrected chi connectivity index (χ2v) is 8.70. The first-order chi connectivity index (χ1) is 12.7. The molecule has 0 radical (unpaired) electrons. The number of rotatable bonds is 1. The van der Waals surface area contributed by atoms with Crippen molar-refractivity contribution in [3.63, 3.8) is 0 Å². The molecule has 4 rings (SSSR count). The molecule has 0 saturated carbocycles. The van der Waals surface area contributed by atoms with E-state index in [4.69, 9.17) is 15.2 Å². The molecule has 27 heavy (non-hydrogen) atoms. The van der Waals surface area contributed by atoms with Crippen molar-refractivity contribution < 1.29 is 18.7 Å². The van der Waals surface area contributed by atoms with Gasteiger partial charge in [-0.1, -0.05) is 0 Å². The number of ether oxygens (including phenoxy) is 2. The summed E-state index contributed by atoms with van der Waals surface area (Å²) in [6.45, 7) is 7.22. The van der Waals surface area contributed by atoms with Gasteiger partial charge in [0.1, 0.15) is 23.8 Å². The highest BCUT2D eigenvalue weighted by Crippen LogP contribution is 2.36. The number of hydrogen-bond donors (Lipinski definition) is 1. The highest BCUT2D eigenvalue weighted by molar-refractivity contribution is 5.70. The normalized spacial score (nSPS) is 27.2. The number of anilines is 1. The van der Waals surface area contributed by atoms with Gasteiger partial charge in [-0.05, 0) is 40.0 Å². The average molecular weight is 378 g/mol. The van der Waals surface area contributed by atoms with Crippen molar-refractivity contribution in [2.45, 2.75) is 63.8 Å². The SMILES string of the molecule is CC(C)(C)OC(=O)N1C2CCC1CN(c1cc3c(c(F)n1)C[C@@H](N)CO3)C2. The number of amides is 1. The summed E-state index contributed by atoms with van der Waals surface area (Å²) in [5.41, 5.74) is 5.78. The van der Waals surface area contributed by atoms with Gasteiger partial charge in [-0.3, -0.25) is 4.90 Å². The number of hydrogen-bond acceptors (Lipinski definition) is 6. The average Bonchev–Trinajstić information content (AvgIpc) is 2.84. The molecule has 1 aromatic heterocycles. The van der Waals surface area contributed by atoms with E-state index < -0.39 is 11.5 Å². The van der Waals surface area contributed by atoms with Gasteiger partial charge in [0.25, 0.3) is 0 Å². The van der Waals surface area contributed by atoms with Crippen molar-refractivity contribution in [2.24, 2.45) is 5.73 Å². The third-order valence-electron chi connectivity index (χ3n) is 5.35. The molecule has 4 heterocycles. The van der Waals surface area contributed by atoms with Crippen LogP contribution in [-0.4, -0.2) is 59.4 Å². The Morgan fingerprint density at radius 1 is 1.33 bits per heavy atom. The smallest absolute Gasteiger partial charge is 0.410 e. The largest absolute Gasteiger partial charge is 0.491 e. The summed E-state index contributed by atoms with van der Waals surface area (Å²) in [6.07, 6.45) is 2.00. The minimum absolute atomic E-state index is 0.0498. The summed E-state index contributed by atoms with van der Waals surface area (Å²) in [7, 11) is 0. The molecule has 2 unspecified atom stereocenters. The zero-order valence-electron chi connectivity index (χ0n) is 16.1. The van der Waals surface area contributed by atoms with Crippen LogP contribution in [0.25, 0.3) is 0 Å². The number of nitrogens with two attached hydrogens (primary N) is 1. The maximum Gasteiger partial charge on any atom is 0.410 e. The van der Waals surface area contributed by atoms with Crippen molar-refractivity contribution >= 4 is 11.9 Å². The Kier molecular flexibility index (Phi) is 4.41. The van der Waals surface area contributed by atoms with E-state index in [0.29, 0.717) is 43.2 Å². The van der Waals surface area contributed by atoms with Crippen LogP contribution in [0.4, 0.5) is 15.0 Å². The lowest BCUT2D eigenvalue weighted by atomic mass is 10.0. The maximum atomic E-state index is 14.5. The number of nitrogens with zero attached hydrogens (tertiary/aromatic N) is 3. The third-order valence-corrected chi connectivity index (χ3v) is 5.35. The molecule has 0 spiro atoms. The lowest BCUT2D eigenvalue weighted by molar-refractivity contribution is 0.0122. The van der Waals surface area contributed by atoms with E-state index in [1.165, 1.54) is 0 Å². The molecule has 2 bridgehead atoms. The van der Waals surface area contributed by atoms with E-state index >= 15 is 0 Å². The van der Waals surface area contributed by atoms with Crippen LogP contribution >= 0.6 is 0 Å². The Hall–Kier alpha value is -2.09. The molecule has 1 amide bonds. The Morgan fingerprint density at radius 2 is 2.00 bits per heavy atom. The number of piperazine rings is 1. The first-order valence-electron chi connectivity index (χ1n) is 9.55. The fourth-order valence-electron chi connectivity index (χ4n) is 4.20. The highest BCUT2D eigenvalue weighted by atomic mass is 19.1. The molecule has 0 aliphatic carbocycles.